The summed E-state index contributed by atoms with van der Waals surface area (Å²) in [5.74, 6) is 0.561. The molecule has 27 heavy (non-hydrogen) atoms. The monoisotopic (exact) mass is 363 g/mol. The maximum atomic E-state index is 12.2. The van der Waals surface area contributed by atoms with Crippen LogP contribution < -0.4 is 11.1 Å². The van der Waals surface area contributed by atoms with Crippen molar-refractivity contribution in [3.05, 3.63) is 77.2 Å². The molecule has 6 heteroatoms. The number of nitrogens with zero attached hydrogens (tertiary/aromatic N) is 1. The van der Waals surface area contributed by atoms with Gasteiger partial charge in [-0.15, -0.1) is 0 Å². The Morgan fingerprint density at radius 2 is 1.89 bits per heavy atom. The van der Waals surface area contributed by atoms with Gasteiger partial charge in [0.1, 0.15) is 5.76 Å². The summed E-state index contributed by atoms with van der Waals surface area (Å²) < 4.78 is 5.68. The number of rotatable bonds is 7. The molecule has 6 nitrogen and oxygen atoms in total. The highest BCUT2D eigenvalue weighted by Crippen LogP contribution is 2.21. The van der Waals surface area contributed by atoms with Crippen molar-refractivity contribution < 1.29 is 14.0 Å². The molecule has 0 atom stereocenters. The van der Waals surface area contributed by atoms with Crippen molar-refractivity contribution in [3.8, 4) is 11.5 Å². The van der Waals surface area contributed by atoms with Crippen LogP contribution in [-0.4, -0.2) is 23.3 Å². The maximum absolute atomic E-state index is 12.2. The largest absolute Gasteiger partial charge is 0.441 e. The second kappa shape index (κ2) is 8.31. The van der Waals surface area contributed by atoms with Gasteiger partial charge < -0.3 is 15.5 Å². The molecule has 0 fully saturated rings. The number of hydrogen-bond donors (Lipinski definition) is 2. The van der Waals surface area contributed by atoms with Crippen LogP contribution >= 0.6 is 0 Å². The Balaban J connectivity index is 1.55. The minimum atomic E-state index is -0.461. The molecule has 3 aromatic rings. The Labute approximate surface area is 157 Å². The molecule has 0 saturated carbocycles. The molecule has 0 unspecified atom stereocenters. The van der Waals surface area contributed by atoms with Crippen molar-refractivity contribution in [1.82, 2.24) is 10.3 Å². The molecule has 138 valence electrons. The van der Waals surface area contributed by atoms with Gasteiger partial charge in [0.05, 0.1) is 12.1 Å². The summed E-state index contributed by atoms with van der Waals surface area (Å²) in [6.45, 7) is 2.26. The van der Waals surface area contributed by atoms with Crippen molar-refractivity contribution in [2.24, 2.45) is 5.73 Å². The smallest absolute Gasteiger partial charge is 0.248 e. The van der Waals surface area contributed by atoms with Gasteiger partial charge in [-0.05, 0) is 43.2 Å². The fourth-order valence-corrected chi connectivity index (χ4v) is 2.74. The number of primary amides is 1. The predicted molar refractivity (Wildman–Crippen MR) is 102 cm³/mol. The zero-order valence-electron chi connectivity index (χ0n) is 15.1. The van der Waals surface area contributed by atoms with Gasteiger partial charge in [-0.3, -0.25) is 9.59 Å². The van der Waals surface area contributed by atoms with Gasteiger partial charge in [0.15, 0.2) is 0 Å². The number of aryl methyl sites for hydroxylation is 1. The molecule has 2 amide bonds. The van der Waals surface area contributed by atoms with Crippen LogP contribution in [0.3, 0.4) is 0 Å². The van der Waals surface area contributed by atoms with E-state index in [-0.39, 0.29) is 12.3 Å². The first-order chi connectivity index (χ1) is 13.0. The van der Waals surface area contributed by atoms with Crippen LogP contribution in [-0.2, 0) is 17.6 Å². The molecule has 0 aliphatic heterocycles. The second-order valence-corrected chi connectivity index (χ2v) is 6.23. The minimum Gasteiger partial charge on any atom is -0.441 e. The fourth-order valence-electron chi connectivity index (χ4n) is 2.74. The maximum Gasteiger partial charge on any atom is 0.248 e. The van der Waals surface area contributed by atoms with Crippen LogP contribution in [0.25, 0.3) is 11.5 Å². The van der Waals surface area contributed by atoms with E-state index in [1.807, 2.05) is 36.4 Å². The minimum absolute atomic E-state index is 0.128. The summed E-state index contributed by atoms with van der Waals surface area (Å²) in [5.41, 5.74) is 8.19. The highest BCUT2D eigenvalue weighted by atomic mass is 16.4. The number of amides is 2. The first-order valence-electron chi connectivity index (χ1n) is 8.70. The zero-order valence-corrected chi connectivity index (χ0v) is 15.1. The van der Waals surface area contributed by atoms with Gasteiger partial charge in [-0.25, -0.2) is 4.98 Å². The van der Waals surface area contributed by atoms with Crippen molar-refractivity contribution in [3.63, 3.8) is 0 Å². The number of oxazole rings is 1. The summed E-state index contributed by atoms with van der Waals surface area (Å²) in [5, 5.41) is 2.87. The lowest BCUT2D eigenvalue weighted by Crippen LogP contribution is -2.27. The Bertz CT molecular complexity index is 948. The molecule has 2 aromatic carbocycles. The molecule has 0 spiro atoms. The summed E-state index contributed by atoms with van der Waals surface area (Å²) in [6.07, 6.45) is 0.767. The molecule has 0 radical (unpaired) electrons. The topological polar surface area (TPSA) is 98.2 Å². The Hall–Kier alpha value is -3.41. The summed E-state index contributed by atoms with van der Waals surface area (Å²) in [4.78, 5) is 27.9. The van der Waals surface area contributed by atoms with Crippen LogP contribution in [0.5, 0.6) is 0 Å². The number of nitrogens with one attached hydrogen (secondary N) is 1. The normalized spacial score (nSPS) is 10.6. The SMILES string of the molecule is Cc1oc(-c2ccccc2)nc1CC(=O)NCCc1cccc(C(N)=O)c1. The quantitative estimate of drug-likeness (QED) is 0.674. The lowest BCUT2D eigenvalue weighted by atomic mass is 10.1. The lowest BCUT2D eigenvalue weighted by molar-refractivity contribution is -0.120. The van der Waals surface area contributed by atoms with E-state index in [1.165, 1.54) is 0 Å². The van der Waals surface area contributed by atoms with Crippen molar-refractivity contribution >= 4 is 11.8 Å². The first-order valence-corrected chi connectivity index (χ1v) is 8.70. The van der Waals surface area contributed by atoms with Gasteiger partial charge in [0.25, 0.3) is 0 Å². The van der Waals surface area contributed by atoms with Crippen molar-refractivity contribution in [2.75, 3.05) is 6.54 Å². The fraction of sp³-hybridized carbons (Fsp3) is 0.190. The molecule has 1 aromatic heterocycles. The summed E-state index contributed by atoms with van der Waals surface area (Å²) in [7, 11) is 0. The van der Waals surface area contributed by atoms with Crippen molar-refractivity contribution in [2.45, 2.75) is 19.8 Å². The van der Waals surface area contributed by atoms with E-state index in [4.69, 9.17) is 10.2 Å². The molecule has 0 saturated heterocycles. The predicted octanol–water partition coefficient (Wildman–Crippen LogP) is 2.65. The van der Waals surface area contributed by atoms with Gasteiger partial charge in [0, 0.05) is 17.7 Å². The third-order valence-electron chi connectivity index (χ3n) is 4.19. The zero-order chi connectivity index (χ0) is 19.2. The van der Waals surface area contributed by atoms with Gasteiger partial charge in [0.2, 0.25) is 17.7 Å². The molecule has 1 heterocycles. The molecule has 0 bridgehead atoms. The third kappa shape index (κ3) is 4.82. The average molecular weight is 363 g/mol. The van der Waals surface area contributed by atoms with E-state index >= 15 is 0 Å². The van der Waals surface area contributed by atoms with E-state index in [2.05, 4.69) is 10.3 Å². The van der Waals surface area contributed by atoms with Gasteiger partial charge >= 0.3 is 0 Å². The number of nitrogens with two attached hydrogens (primary N) is 1. The molecular formula is C21H21N3O3. The molecular weight excluding hydrogens is 342 g/mol. The van der Waals surface area contributed by atoms with Crippen LogP contribution in [0.15, 0.2) is 59.0 Å². The van der Waals surface area contributed by atoms with E-state index in [9.17, 15) is 9.59 Å². The van der Waals surface area contributed by atoms with Crippen LogP contribution in [0.2, 0.25) is 0 Å². The molecule has 3 rings (SSSR count). The number of aromatic nitrogens is 1. The molecule has 0 aliphatic carbocycles. The van der Waals surface area contributed by atoms with E-state index < -0.39 is 5.91 Å². The average Bonchev–Trinajstić information content (AvgIpc) is 3.03. The second-order valence-electron chi connectivity index (χ2n) is 6.23. The van der Waals surface area contributed by atoms with Crippen LogP contribution in [0.4, 0.5) is 0 Å². The van der Waals surface area contributed by atoms with Crippen molar-refractivity contribution in [1.29, 1.82) is 0 Å². The standard InChI is InChI=1S/C21H21N3O3/c1-14-18(24-21(27-14)16-7-3-2-4-8-16)13-19(25)23-11-10-15-6-5-9-17(12-15)20(22)26/h2-9,12H,10-11,13H2,1H3,(H2,22,26)(H,23,25). The molecule has 3 N–H and O–H groups in total. The lowest BCUT2D eigenvalue weighted by Gasteiger charge is -2.05. The Kier molecular flexibility index (Phi) is 5.66. The summed E-state index contributed by atoms with van der Waals surface area (Å²) >= 11 is 0. The van der Waals surface area contributed by atoms with E-state index in [0.29, 0.717) is 35.9 Å². The molecule has 0 aliphatic rings. The Morgan fingerprint density at radius 1 is 1.11 bits per heavy atom. The summed E-state index contributed by atoms with van der Waals surface area (Å²) in [6, 6.07) is 16.7. The van der Waals surface area contributed by atoms with Crippen LogP contribution in [0, 0.1) is 6.92 Å². The van der Waals surface area contributed by atoms with Crippen LogP contribution in [0.1, 0.15) is 27.4 Å². The van der Waals surface area contributed by atoms with E-state index in [0.717, 1.165) is 11.1 Å². The third-order valence-corrected chi connectivity index (χ3v) is 4.19. The Morgan fingerprint density at radius 3 is 2.63 bits per heavy atom. The number of carbonyl (C=O) groups is 2. The number of benzene rings is 2. The van der Waals surface area contributed by atoms with Gasteiger partial charge in [-0.1, -0.05) is 30.3 Å². The van der Waals surface area contributed by atoms with Gasteiger partial charge in [-0.2, -0.15) is 0 Å². The highest BCUT2D eigenvalue weighted by Gasteiger charge is 2.14. The number of carbonyl (C=O) groups excluding carboxylic acids is 2. The highest BCUT2D eigenvalue weighted by molar-refractivity contribution is 5.92. The number of hydrogen-bond acceptors (Lipinski definition) is 4. The van der Waals surface area contributed by atoms with E-state index in [1.54, 1.807) is 25.1 Å². The first kappa shape index (κ1) is 18.4.